The van der Waals surface area contributed by atoms with Crippen molar-refractivity contribution in [3.63, 3.8) is 0 Å². The first kappa shape index (κ1) is 14.5. The monoisotopic (exact) mass is 316 g/mol. The second-order valence-corrected chi connectivity index (χ2v) is 4.41. The fourth-order valence-electron chi connectivity index (χ4n) is 1.29. The summed E-state index contributed by atoms with van der Waals surface area (Å²) >= 11 is 3.20. The van der Waals surface area contributed by atoms with Crippen LogP contribution in [0.25, 0.3) is 0 Å². The van der Waals surface area contributed by atoms with Gasteiger partial charge in [0, 0.05) is 17.3 Å². The van der Waals surface area contributed by atoms with E-state index in [1.54, 1.807) is 12.1 Å². The molecule has 4 N–H and O–H groups in total. The van der Waals surface area contributed by atoms with E-state index in [-0.39, 0.29) is 12.2 Å². The van der Waals surface area contributed by atoms with E-state index in [2.05, 4.69) is 21.2 Å². The van der Waals surface area contributed by atoms with Crippen molar-refractivity contribution < 1.29 is 19.4 Å². The average molecular weight is 317 g/mol. The van der Waals surface area contributed by atoms with Gasteiger partial charge in [-0.2, -0.15) is 0 Å². The van der Waals surface area contributed by atoms with Gasteiger partial charge in [-0.25, -0.2) is 4.79 Å². The molecule has 1 aromatic rings. The zero-order chi connectivity index (χ0) is 13.7. The summed E-state index contributed by atoms with van der Waals surface area (Å²) in [5.41, 5.74) is 6.27. The lowest BCUT2D eigenvalue weighted by Gasteiger charge is -2.14. The standard InChI is InChI=1S/C11H13BrN2O4/c1-18-5-9(11(16)17)14-10(15)7-4-6(13)2-3-8(7)12/h2-4,9H,5,13H2,1H3,(H,14,15)(H,16,17). The largest absolute Gasteiger partial charge is 0.480 e. The molecule has 0 aliphatic rings. The summed E-state index contributed by atoms with van der Waals surface area (Å²) < 4.78 is 5.26. The lowest BCUT2D eigenvalue weighted by Crippen LogP contribution is -2.43. The minimum Gasteiger partial charge on any atom is -0.480 e. The Hall–Kier alpha value is -1.60. The summed E-state index contributed by atoms with van der Waals surface area (Å²) in [5, 5.41) is 11.2. The van der Waals surface area contributed by atoms with Gasteiger partial charge in [-0.15, -0.1) is 0 Å². The molecule has 0 heterocycles. The number of ether oxygens (including phenoxy) is 1. The summed E-state index contributed by atoms with van der Waals surface area (Å²) in [7, 11) is 1.36. The number of nitrogens with one attached hydrogen (secondary N) is 1. The number of nitrogens with two attached hydrogens (primary N) is 1. The van der Waals surface area contributed by atoms with Crippen molar-refractivity contribution in [3.05, 3.63) is 28.2 Å². The quantitative estimate of drug-likeness (QED) is 0.699. The highest BCUT2D eigenvalue weighted by Crippen LogP contribution is 2.19. The normalized spacial score (nSPS) is 11.9. The van der Waals surface area contributed by atoms with Crippen LogP contribution in [0.1, 0.15) is 10.4 Å². The van der Waals surface area contributed by atoms with Crippen LogP contribution in [-0.2, 0) is 9.53 Å². The van der Waals surface area contributed by atoms with E-state index < -0.39 is 17.9 Å². The molecule has 0 bridgehead atoms. The van der Waals surface area contributed by atoms with Crippen LogP contribution in [0, 0.1) is 0 Å². The molecule has 0 radical (unpaired) electrons. The van der Waals surface area contributed by atoms with Gasteiger partial charge in [0.2, 0.25) is 0 Å². The van der Waals surface area contributed by atoms with Crippen LogP contribution in [-0.4, -0.2) is 36.7 Å². The molecule has 1 aromatic carbocycles. The summed E-state index contributed by atoms with van der Waals surface area (Å²) in [5.74, 6) is -1.69. The van der Waals surface area contributed by atoms with Crippen LogP contribution in [0.3, 0.4) is 0 Å². The number of hydrogen-bond donors (Lipinski definition) is 3. The van der Waals surface area contributed by atoms with Gasteiger partial charge >= 0.3 is 5.97 Å². The highest BCUT2D eigenvalue weighted by atomic mass is 79.9. The molecule has 6 nitrogen and oxygen atoms in total. The number of methoxy groups -OCH3 is 1. The number of amides is 1. The average Bonchev–Trinajstić information content (AvgIpc) is 2.31. The van der Waals surface area contributed by atoms with Crippen molar-refractivity contribution >= 4 is 33.5 Å². The Bertz CT molecular complexity index is 464. The molecular weight excluding hydrogens is 304 g/mol. The van der Waals surface area contributed by atoms with Crippen molar-refractivity contribution in [2.24, 2.45) is 0 Å². The second-order valence-electron chi connectivity index (χ2n) is 3.56. The van der Waals surface area contributed by atoms with Gasteiger partial charge in [0.25, 0.3) is 5.91 Å². The molecule has 0 aliphatic carbocycles. The molecule has 1 unspecified atom stereocenters. The minimum absolute atomic E-state index is 0.110. The fourth-order valence-corrected chi connectivity index (χ4v) is 1.72. The Morgan fingerprint density at radius 2 is 2.22 bits per heavy atom. The molecule has 0 aliphatic heterocycles. The van der Waals surface area contributed by atoms with Crippen molar-refractivity contribution in [2.45, 2.75) is 6.04 Å². The van der Waals surface area contributed by atoms with Gasteiger partial charge in [0.05, 0.1) is 12.2 Å². The predicted octanol–water partition coefficient (Wildman–Crippen LogP) is 0.861. The van der Waals surface area contributed by atoms with E-state index in [0.717, 1.165) is 0 Å². The number of carbonyl (C=O) groups excluding carboxylic acids is 1. The van der Waals surface area contributed by atoms with E-state index >= 15 is 0 Å². The van der Waals surface area contributed by atoms with Gasteiger partial charge in [0.1, 0.15) is 0 Å². The molecule has 1 rings (SSSR count). The Morgan fingerprint density at radius 3 is 2.78 bits per heavy atom. The van der Waals surface area contributed by atoms with E-state index in [4.69, 9.17) is 15.6 Å². The van der Waals surface area contributed by atoms with Crippen LogP contribution < -0.4 is 11.1 Å². The molecule has 0 fully saturated rings. The minimum atomic E-state index is -1.16. The van der Waals surface area contributed by atoms with Gasteiger partial charge in [-0.05, 0) is 34.1 Å². The number of nitrogen functional groups attached to an aromatic ring is 1. The number of benzene rings is 1. The molecule has 0 saturated carbocycles. The van der Waals surface area contributed by atoms with Crippen LogP contribution in [0.2, 0.25) is 0 Å². The first-order valence-corrected chi connectivity index (χ1v) is 5.82. The number of carboxylic acids is 1. The topological polar surface area (TPSA) is 102 Å². The number of aliphatic carboxylic acids is 1. The number of anilines is 1. The number of halogens is 1. The number of hydrogen-bond acceptors (Lipinski definition) is 4. The van der Waals surface area contributed by atoms with Gasteiger partial charge < -0.3 is 20.9 Å². The molecule has 1 atom stereocenters. The van der Waals surface area contributed by atoms with E-state index in [0.29, 0.717) is 10.2 Å². The van der Waals surface area contributed by atoms with E-state index in [1.807, 2.05) is 0 Å². The smallest absolute Gasteiger partial charge is 0.328 e. The molecule has 0 aromatic heterocycles. The van der Waals surface area contributed by atoms with E-state index in [1.165, 1.54) is 13.2 Å². The summed E-state index contributed by atoms with van der Waals surface area (Å²) in [6, 6.07) is 3.61. The molecule has 18 heavy (non-hydrogen) atoms. The van der Waals surface area contributed by atoms with E-state index in [9.17, 15) is 9.59 Å². The summed E-state index contributed by atoms with van der Waals surface area (Å²) in [6.45, 7) is -0.110. The SMILES string of the molecule is COCC(NC(=O)c1cc(N)ccc1Br)C(=O)O. The van der Waals surface area contributed by atoms with Crippen molar-refractivity contribution in [1.82, 2.24) is 5.32 Å². The lowest BCUT2D eigenvalue weighted by molar-refractivity contribution is -0.140. The first-order valence-electron chi connectivity index (χ1n) is 5.03. The van der Waals surface area contributed by atoms with Gasteiger partial charge in [-0.3, -0.25) is 4.79 Å². The molecule has 98 valence electrons. The maximum Gasteiger partial charge on any atom is 0.328 e. The third kappa shape index (κ3) is 3.71. The predicted molar refractivity (Wildman–Crippen MR) is 69.3 cm³/mol. The summed E-state index contributed by atoms with van der Waals surface area (Å²) in [6.07, 6.45) is 0. The number of rotatable bonds is 5. The highest BCUT2D eigenvalue weighted by Gasteiger charge is 2.21. The van der Waals surface area contributed by atoms with Gasteiger partial charge in [0.15, 0.2) is 6.04 Å². The Kier molecular flexibility index (Phi) is 5.11. The third-order valence-electron chi connectivity index (χ3n) is 2.17. The molecular formula is C11H13BrN2O4. The van der Waals surface area contributed by atoms with Crippen molar-refractivity contribution in [3.8, 4) is 0 Å². The third-order valence-corrected chi connectivity index (χ3v) is 2.86. The van der Waals surface area contributed by atoms with Crippen LogP contribution in [0.15, 0.2) is 22.7 Å². The summed E-state index contributed by atoms with van der Waals surface area (Å²) in [4.78, 5) is 22.8. The van der Waals surface area contributed by atoms with Gasteiger partial charge in [-0.1, -0.05) is 0 Å². The lowest BCUT2D eigenvalue weighted by atomic mass is 10.1. The maximum atomic E-state index is 11.9. The maximum absolute atomic E-state index is 11.9. The van der Waals surface area contributed by atoms with Crippen molar-refractivity contribution in [1.29, 1.82) is 0 Å². The molecule has 0 saturated heterocycles. The Morgan fingerprint density at radius 1 is 1.56 bits per heavy atom. The number of carbonyl (C=O) groups is 2. The second kappa shape index (κ2) is 6.36. The van der Waals surface area contributed by atoms with Crippen molar-refractivity contribution in [2.75, 3.05) is 19.5 Å². The number of carboxylic acid groups (broad SMARTS) is 1. The van der Waals surface area contributed by atoms with Crippen LogP contribution >= 0.6 is 15.9 Å². The Balaban J connectivity index is 2.86. The fraction of sp³-hybridized carbons (Fsp3) is 0.273. The zero-order valence-corrected chi connectivity index (χ0v) is 11.2. The molecule has 0 spiro atoms. The van der Waals surface area contributed by atoms with Crippen LogP contribution in [0.5, 0.6) is 0 Å². The Labute approximate surface area is 112 Å². The van der Waals surface area contributed by atoms with Crippen LogP contribution in [0.4, 0.5) is 5.69 Å². The first-order chi connectivity index (χ1) is 8.45. The highest BCUT2D eigenvalue weighted by molar-refractivity contribution is 9.10. The molecule has 1 amide bonds. The zero-order valence-electron chi connectivity index (χ0n) is 9.64. The molecule has 7 heteroatoms.